The number of anilines is 1. The van der Waals surface area contributed by atoms with Gasteiger partial charge in [0, 0.05) is 35.9 Å². The van der Waals surface area contributed by atoms with E-state index in [1.165, 1.54) is 0 Å². The van der Waals surface area contributed by atoms with Gasteiger partial charge in [-0.25, -0.2) is 0 Å². The number of aromatic amines is 1. The maximum absolute atomic E-state index is 4.28. The third-order valence-corrected chi connectivity index (χ3v) is 2.89. The number of rotatable bonds is 3. The second-order valence-electron chi connectivity index (χ2n) is 4.13. The third kappa shape index (κ3) is 2.02. The van der Waals surface area contributed by atoms with E-state index in [9.17, 15) is 0 Å². The van der Waals surface area contributed by atoms with E-state index < -0.39 is 0 Å². The highest BCUT2D eigenvalue weighted by molar-refractivity contribution is 5.78. The molecule has 0 aliphatic carbocycles. The van der Waals surface area contributed by atoms with Crippen molar-refractivity contribution in [3.8, 4) is 0 Å². The van der Waals surface area contributed by atoms with Gasteiger partial charge in [0.05, 0.1) is 17.2 Å². The Kier molecular flexibility index (Phi) is 2.64. The molecule has 18 heavy (non-hydrogen) atoms. The van der Waals surface area contributed by atoms with Gasteiger partial charge in [0.1, 0.15) is 0 Å². The molecule has 0 aliphatic heterocycles. The number of hydrogen-bond acceptors (Lipinski definition) is 4. The molecule has 1 aromatic carbocycles. The second kappa shape index (κ2) is 4.44. The molecule has 2 N–H and O–H groups in total. The first-order valence-corrected chi connectivity index (χ1v) is 5.76. The summed E-state index contributed by atoms with van der Waals surface area (Å²) in [6.07, 6.45) is 5.24. The average molecular weight is 239 g/mol. The largest absolute Gasteiger partial charge is 0.381 e. The van der Waals surface area contributed by atoms with Crippen molar-refractivity contribution in [2.45, 2.75) is 13.5 Å². The van der Waals surface area contributed by atoms with Crippen LogP contribution < -0.4 is 5.32 Å². The van der Waals surface area contributed by atoms with Crippen LogP contribution in [-0.2, 0) is 6.54 Å². The quantitative estimate of drug-likeness (QED) is 0.735. The van der Waals surface area contributed by atoms with Gasteiger partial charge in [-0.15, -0.1) is 0 Å². The van der Waals surface area contributed by atoms with Crippen LogP contribution in [0.2, 0.25) is 0 Å². The molecule has 90 valence electrons. The lowest BCUT2D eigenvalue weighted by atomic mass is 10.2. The minimum absolute atomic E-state index is 0.744. The van der Waals surface area contributed by atoms with Gasteiger partial charge in [-0.05, 0) is 25.1 Å². The molecule has 5 heteroatoms. The van der Waals surface area contributed by atoms with Crippen molar-refractivity contribution >= 4 is 16.7 Å². The first-order chi connectivity index (χ1) is 8.83. The van der Waals surface area contributed by atoms with E-state index in [0.29, 0.717) is 0 Å². The monoisotopic (exact) mass is 239 g/mol. The van der Waals surface area contributed by atoms with Crippen LogP contribution in [0.3, 0.4) is 0 Å². The van der Waals surface area contributed by atoms with Crippen LogP contribution in [0.15, 0.2) is 36.8 Å². The third-order valence-electron chi connectivity index (χ3n) is 2.89. The Bertz CT molecular complexity index is 674. The molecule has 0 unspecified atom stereocenters. The van der Waals surface area contributed by atoms with E-state index in [-0.39, 0.29) is 0 Å². The number of hydrogen-bond donors (Lipinski definition) is 2. The van der Waals surface area contributed by atoms with Crippen LogP contribution in [0.5, 0.6) is 0 Å². The first-order valence-electron chi connectivity index (χ1n) is 5.76. The highest BCUT2D eigenvalue weighted by Crippen LogP contribution is 2.16. The molecule has 3 aromatic rings. The van der Waals surface area contributed by atoms with Crippen LogP contribution >= 0.6 is 0 Å². The lowest BCUT2D eigenvalue weighted by Gasteiger charge is -2.06. The molecule has 2 heterocycles. The molecule has 0 fully saturated rings. The van der Waals surface area contributed by atoms with Crippen molar-refractivity contribution in [2.75, 3.05) is 5.32 Å². The molecular formula is C13H13N5. The Morgan fingerprint density at radius 1 is 1.17 bits per heavy atom. The van der Waals surface area contributed by atoms with Crippen LogP contribution in [0.4, 0.5) is 5.69 Å². The molecule has 0 aliphatic rings. The highest BCUT2D eigenvalue weighted by atomic mass is 15.1. The predicted molar refractivity (Wildman–Crippen MR) is 70.2 cm³/mol. The summed E-state index contributed by atoms with van der Waals surface area (Å²) in [6.45, 7) is 2.75. The molecule has 0 radical (unpaired) electrons. The summed E-state index contributed by atoms with van der Waals surface area (Å²) >= 11 is 0. The van der Waals surface area contributed by atoms with Crippen LogP contribution in [0.1, 0.15) is 11.3 Å². The van der Waals surface area contributed by atoms with E-state index in [2.05, 4.69) is 25.5 Å². The van der Waals surface area contributed by atoms with Crippen LogP contribution in [-0.4, -0.2) is 20.2 Å². The summed E-state index contributed by atoms with van der Waals surface area (Å²) in [5.41, 5.74) is 5.08. The van der Waals surface area contributed by atoms with E-state index >= 15 is 0 Å². The number of aryl methyl sites for hydroxylation is 1. The summed E-state index contributed by atoms with van der Waals surface area (Å²) in [4.78, 5) is 8.52. The topological polar surface area (TPSA) is 66.5 Å². The maximum Gasteiger partial charge on any atom is 0.0907 e. The summed E-state index contributed by atoms with van der Waals surface area (Å²) in [6, 6.07) is 5.97. The fraction of sp³-hybridized carbons (Fsp3) is 0.154. The Morgan fingerprint density at radius 2 is 2.00 bits per heavy atom. The number of aromatic nitrogens is 4. The second-order valence-corrected chi connectivity index (χ2v) is 4.13. The van der Waals surface area contributed by atoms with Crippen molar-refractivity contribution in [1.82, 2.24) is 20.2 Å². The summed E-state index contributed by atoms with van der Waals surface area (Å²) in [7, 11) is 0. The smallest absolute Gasteiger partial charge is 0.0907 e. The van der Waals surface area contributed by atoms with Crippen LogP contribution in [0, 0.1) is 6.92 Å². The zero-order valence-electron chi connectivity index (χ0n) is 10.0. The number of nitrogens with zero attached hydrogens (tertiary/aromatic N) is 3. The number of fused-ring (bicyclic) bond motifs is 1. The van der Waals surface area contributed by atoms with Crippen molar-refractivity contribution < 1.29 is 0 Å². The van der Waals surface area contributed by atoms with E-state index in [4.69, 9.17) is 0 Å². The fourth-order valence-corrected chi connectivity index (χ4v) is 1.82. The van der Waals surface area contributed by atoms with Crippen molar-refractivity contribution in [1.29, 1.82) is 0 Å². The molecule has 5 nitrogen and oxygen atoms in total. The zero-order chi connectivity index (χ0) is 12.4. The molecular weight excluding hydrogens is 226 g/mol. The van der Waals surface area contributed by atoms with Gasteiger partial charge in [0.2, 0.25) is 0 Å². The van der Waals surface area contributed by atoms with E-state index in [1.54, 1.807) is 12.4 Å². The molecule has 0 amide bonds. The first kappa shape index (κ1) is 10.7. The zero-order valence-corrected chi connectivity index (χ0v) is 10.0. The molecule has 0 saturated heterocycles. The van der Waals surface area contributed by atoms with Gasteiger partial charge in [-0.1, -0.05) is 0 Å². The summed E-state index contributed by atoms with van der Waals surface area (Å²) in [5.74, 6) is 0. The van der Waals surface area contributed by atoms with Crippen LogP contribution in [0.25, 0.3) is 11.0 Å². The Hall–Kier alpha value is -2.43. The van der Waals surface area contributed by atoms with Crippen molar-refractivity contribution in [3.63, 3.8) is 0 Å². The SMILES string of the molecule is Cc1[nH]ncc1CNc1ccc2nccnc2c1. The molecule has 0 spiro atoms. The van der Waals surface area contributed by atoms with Gasteiger partial charge in [0.15, 0.2) is 0 Å². The molecule has 0 saturated carbocycles. The van der Waals surface area contributed by atoms with Gasteiger partial charge >= 0.3 is 0 Å². The Balaban J connectivity index is 1.81. The predicted octanol–water partition coefficient (Wildman–Crippen LogP) is 2.27. The van der Waals surface area contributed by atoms with Gasteiger partial charge in [-0.2, -0.15) is 5.10 Å². The van der Waals surface area contributed by atoms with Gasteiger partial charge in [0.25, 0.3) is 0 Å². The number of nitrogens with one attached hydrogen (secondary N) is 2. The number of H-pyrrole nitrogens is 1. The van der Waals surface area contributed by atoms with Crippen molar-refractivity contribution in [3.05, 3.63) is 48.0 Å². The minimum Gasteiger partial charge on any atom is -0.381 e. The van der Waals surface area contributed by atoms with Crippen molar-refractivity contribution in [2.24, 2.45) is 0 Å². The maximum atomic E-state index is 4.28. The standard InChI is InChI=1S/C13H13N5/c1-9-10(8-17-18-9)7-16-11-2-3-12-13(6-11)15-5-4-14-12/h2-6,8,16H,7H2,1H3,(H,17,18). The van der Waals surface area contributed by atoms with E-state index in [1.807, 2.05) is 31.3 Å². The summed E-state index contributed by atoms with van der Waals surface area (Å²) < 4.78 is 0. The lowest BCUT2D eigenvalue weighted by Crippen LogP contribution is -2.00. The lowest BCUT2D eigenvalue weighted by molar-refractivity contribution is 1.04. The normalized spacial score (nSPS) is 10.7. The van der Waals surface area contributed by atoms with E-state index in [0.717, 1.165) is 34.5 Å². The highest BCUT2D eigenvalue weighted by Gasteiger charge is 2.01. The Morgan fingerprint density at radius 3 is 2.78 bits per heavy atom. The Labute approximate surface area is 104 Å². The molecule has 2 aromatic heterocycles. The number of benzene rings is 1. The molecule has 0 bridgehead atoms. The average Bonchev–Trinajstić information content (AvgIpc) is 2.82. The summed E-state index contributed by atoms with van der Waals surface area (Å²) in [5, 5.41) is 10.3. The fourth-order valence-electron chi connectivity index (χ4n) is 1.82. The minimum atomic E-state index is 0.744. The molecule has 0 atom stereocenters. The van der Waals surface area contributed by atoms with Gasteiger partial charge in [-0.3, -0.25) is 15.1 Å². The van der Waals surface area contributed by atoms with Gasteiger partial charge < -0.3 is 5.32 Å². The molecule has 3 rings (SSSR count).